The minimum Gasteiger partial charge on any atom is -0.386 e. The summed E-state index contributed by atoms with van der Waals surface area (Å²) in [7, 11) is 0. The van der Waals surface area contributed by atoms with Gasteiger partial charge in [-0.15, -0.1) is 24.0 Å². The molecule has 30 heavy (non-hydrogen) atoms. The van der Waals surface area contributed by atoms with Gasteiger partial charge in [-0.05, 0) is 31.5 Å². The lowest BCUT2D eigenvalue weighted by atomic mass is 10.1. The van der Waals surface area contributed by atoms with E-state index < -0.39 is 23.6 Å². The van der Waals surface area contributed by atoms with E-state index >= 15 is 0 Å². The van der Waals surface area contributed by atoms with Crippen molar-refractivity contribution in [3.05, 3.63) is 65.5 Å². The molecule has 2 unspecified atom stereocenters. The Kier molecular flexibility index (Phi) is 9.22. The predicted molar refractivity (Wildman–Crippen MR) is 123 cm³/mol. The molecule has 1 saturated heterocycles. The highest BCUT2D eigenvalue weighted by atomic mass is 127. The van der Waals surface area contributed by atoms with Crippen molar-refractivity contribution in [2.75, 3.05) is 31.1 Å². The maximum absolute atomic E-state index is 14.0. The van der Waals surface area contributed by atoms with E-state index in [1.165, 1.54) is 24.3 Å². The molecule has 1 aliphatic heterocycles. The van der Waals surface area contributed by atoms with Gasteiger partial charge in [-0.25, -0.2) is 13.2 Å². The lowest BCUT2D eigenvalue weighted by Crippen LogP contribution is -2.44. The number of aliphatic imine (C=N–C) groups is 1. The first-order chi connectivity index (χ1) is 14.0. The molecule has 3 rings (SSSR count). The second-order valence-electron chi connectivity index (χ2n) is 6.93. The second-order valence-corrected chi connectivity index (χ2v) is 6.93. The maximum Gasteiger partial charge on any atom is 0.191 e. The third kappa shape index (κ3) is 6.24. The van der Waals surface area contributed by atoms with Crippen LogP contribution in [-0.2, 0) is 0 Å². The molecule has 1 fully saturated rings. The number of hydrogen-bond acceptors (Lipinski definition) is 3. The largest absolute Gasteiger partial charge is 0.386 e. The molecular formula is C21H26F3IN4O. The number of hydrogen-bond donors (Lipinski definition) is 3. The van der Waals surface area contributed by atoms with E-state index in [9.17, 15) is 18.3 Å². The molecular weight excluding hydrogens is 508 g/mol. The molecule has 0 bridgehead atoms. The van der Waals surface area contributed by atoms with Crippen LogP contribution >= 0.6 is 24.0 Å². The van der Waals surface area contributed by atoms with E-state index in [-0.39, 0.29) is 42.1 Å². The average Bonchev–Trinajstić information content (AvgIpc) is 3.14. The molecule has 2 aromatic carbocycles. The van der Waals surface area contributed by atoms with Gasteiger partial charge in [-0.3, -0.25) is 4.99 Å². The SMILES string of the molecule is CCNC(=NCC(O)c1ccccc1F)NC1CCN(c2ccc(F)cc2F)C1.I. The molecule has 2 atom stereocenters. The highest BCUT2D eigenvalue weighted by Gasteiger charge is 2.25. The molecule has 1 aliphatic rings. The molecule has 0 saturated carbocycles. The van der Waals surface area contributed by atoms with Gasteiger partial charge in [-0.1, -0.05) is 18.2 Å². The average molecular weight is 534 g/mol. The van der Waals surface area contributed by atoms with Gasteiger partial charge in [0.05, 0.1) is 12.2 Å². The van der Waals surface area contributed by atoms with Crippen LogP contribution in [0.3, 0.4) is 0 Å². The summed E-state index contributed by atoms with van der Waals surface area (Å²) in [6.07, 6.45) is -0.308. The molecule has 164 valence electrons. The van der Waals surface area contributed by atoms with Crippen LogP contribution in [0.15, 0.2) is 47.5 Å². The number of anilines is 1. The van der Waals surface area contributed by atoms with E-state index in [0.717, 1.165) is 12.5 Å². The van der Waals surface area contributed by atoms with Gasteiger partial charge in [-0.2, -0.15) is 0 Å². The van der Waals surface area contributed by atoms with Crippen molar-refractivity contribution in [3.63, 3.8) is 0 Å². The van der Waals surface area contributed by atoms with E-state index in [1.54, 1.807) is 12.1 Å². The van der Waals surface area contributed by atoms with Gasteiger partial charge >= 0.3 is 0 Å². The lowest BCUT2D eigenvalue weighted by Gasteiger charge is -2.21. The van der Waals surface area contributed by atoms with E-state index in [1.807, 2.05) is 11.8 Å². The van der Waals surface area contributed by atoms with Crippen LogP contribution in [0.1, 0.15) is 25.0 Å². The predicted octanol–water partition coefficient (Wildman–Crippen LogP) is 3.59. The van der Waals surface area contributed by atoms with Gasteiger partial charge in [0, 0.05) is 37.3 Å². The van der Waals surface area contributed by atoms with Crippen LogP contribution in [0.5, 0.6) is 0 Å². The molecule has 9 heteroatoms. The van der Waals surface area contributed by atoms with Crippen LogP contribution in [-0.4, -0.2) is 43.3 Å². The quantitative estimate of drug-likeness (QED) is 0.302. The fourth-order valence-corrected chi connectivity index (χ4v) is 3.37. The van der Waals surface area contributed by atoms with E-state index in [4.69, 9.17) is 0 Å². The first-order valence-electron chi connectivity index (χ1n) is 9.65. The van der Waals surface area contributed by atoms with Crippen LogP contribution < -0.4 is 15.5 Å². The van der Waals surface area contributed by atoms with Crippen molar-refractivity contribution in [2.24, 2.45) is 4.99 Å². The third-order valence-electron chi connectivity index (χ3n) is 4.81. The summed E-state index contributed by atoms with van der Waals surface area (Å²) in [6.45, 7) is 3.68. The van der Waals surface area contributed by atoms with Crippen LogP contribution in [0.4, 0.5) is 18.9 Å². The number of nitrogens with zero attached hydrogens (tertiary/aromatic N) is 2. The zero-order chi connectivity index (χ0) is 20.8. The Morgan fingerprint density at radius 2 is 1.97 bits per heavy atom. The summed E-state index contributed by atoms with van der Waals surface area (Å²) in [4.78, 5) is 6.21. The third-order valence-corrected chi connectivity index (χ3v) is 4.81. The first-order valence-corrected chi connectivity index (χ1v) is 9.65. The molecule has 1 heterocycles. The summed E-state index contributed by atoms with van der Waals surface area (Å²) < 4.78 is 40.9. The zero-order valence-corrected chi connectivity index (χ0v) is 18.9. The summed E-state index contributed by atoms with van der Waals surface area (Å²) in [5.74, 6) is -1.16. The normalized spacial score (nSPS) is 17.4. The molecule has 0 aromatic heterocycles. The summed E-state index contributed by atoms with van der Waals surface area (Å²) in [5, 5.41) is 16.6. The summed E-state index contributed by atoms with van der Waals surface area (Å²) >= 11 is 0. The fraction of sp³-hybridized carbons (Fsp3) is 0.381. The molecule has 3 N–H and O–H groups in total. The highest BCUT2D eigenvalue weighted by molar-refractivity contribution is 14.0. The molecule has 0 amide bonds. The Morgan fingerprint density at radius 3 is 2.67 bits per heavy atom. The van der Waals surface area contributed by atoms with Crippen molar-refractivity contribution in [2.45, 2.75) is 25.5 Å². The Hall–Kier alpha value is -2.01. The Balaban J connectivity index is 0.00000320. The number of aliphatic hydroxyl groups is 1. The minimum atomic E-state index is -1.06. The molecule has 0 aliphatic carbocycles. The van der Waals surface area contributed by atoms with Gasteiger partial charge < -0.3 is 20.6 Å². The zero-order valence-electron chi connectivity index (χ0n) is 16.6. The molecule has 2 aromatic rings. The fourth-order valence-electron chi connectivity index (χ4n) is 3.37. The standard InChI is InChI=1S/C21H25F3N4O.HI/c1-2-25-21(26-12-20(29)16-5-3-4-6-17(16)23)27-15-9-10-28(13-15)19-8-7-14(22)11-18(19)24;/h3-8,11,15,20,29H,2,9-10,12-13H2,1H3,(H2,25,26,27);1H. The summed E-state index contributed by atoms with van der Waals surface area (Å²) in [6, 6.07) is 9.63. The van der Waals surface area contributed by atoms with Crippen LogP contribution in [0.25, 0.3) is 0 Å². The van der Waals surface area contributed by atoms with Crippen LogP contribution in [0, 0.1) is 17.5 Å². The minimum absolute atomic E-state index is 0. The maximum atomic E-state index is 14.0. The van der Waals surface area contributed by atoms with Crippen molar-refractivity contribution in [3.8, 4) is 0 Å². The Labute approximate surface area is 191 Å². The monoisotopic (exact) mass is 534 g/mol. The number of halogens is 4. The van der Waals surface area contributed by atoms with Gasteiger partial charge in [0.2, 0.25) is 0 Å². The van der Waals surface area contributed by atoms with Crippen molar-refractivity contribution in [1.29, 1.82) is 0 Å². The summed E-state index contributed by atoms with van der Waals surface area (Å²) in [5.41, 5.74) is 0.568. The second kappa shape index (κ2) is 11.4. The topological polar surface area (TPSA) is 59.9 Å². The molecule has 0 radical (unpaired) electrons. The Morgan fingerprint density at radius 1 is 1.20 bits per heavy atom. The van der Waals surface area contributed by atoms with Crippen molar-refractivity contribution in [1.82, 2.24) is 10.6 Å². The lowest BCUT2D eigenvalue weighted by molar-refractivity contribution is 0.182. The number of aliphatic hydroxyl groups excluding tert-OH is 1. The molecule has 5 nitrogen and oxygen atoms in total. The van der Waals surface area contributed by atoms with Crippen molar-refractivity contribution >= 4 is 35.6 Å². The van der Waals surface area contributed by atoms with Gasteiger partial charge in [0.25, 0.3) is 0 Å². The number of rotatable bonds is 6. The van der Waals surface area contributed by atoms with E-state index in [0.29, 0.717) is 31.3 Å². The number of nitrogens with one attached hydrogen (secondary N) is 2. The van der Waals surface area contributed by atoms with E-state index in [2.05, 4.69) is 15.6 Å². The Bertz CT molecular complexity index is 868. The van der Waals surface area contributed by atoms with Crippen LogP contribution in [0.2, 0.25) is 0 Å². The molecule has 0 spiro atoms. The number of guanidine groups is 1. The van der Waals surface area contributed by atoms with Crippen molar-refractivity contribution < 1.29 is 18.3 Å². The van der Waals surface area contributed by atoms with Gasteiger partial charge in [0.15, 0.2) is 5.96 Å². The van der Waals surface area contributed by atoms with Gasteiger partial charge in [0.1, 0.15) is 23.6 Å². The smallest absolute Gasteiger partial charge is 0.191 e. The first kappa shape index (κ1) is 24.3. The number of benzene rings is 2. The highest BCUT2D eigenvalue weighted by Crippen LogP contribution is 2.24.